The van der Waals surface area contributed by atoms with Gasteiger partial charge in [-0.2, -0.15) is 0 Å². The van der Waals surface area contributed by atoms with Crippen LogP contribution in [0.3, 0.4) is 0 Å². The van der Waals surface area contributed by atoms with Crippen LogP contribution in [0.1, 0.15) is 51.9 Å². The van der Waals surface area contributed by atoms with E-state index in [0.717, 1.165) is 22.3 Å². The van der Waals surface area contributed by atoms with Gasteiger partial charge in [-0.25, -0.2) is 0 Å². The number of ketones is 1. The van der Waals surface area contributed by atoms with Crippen molar-refractivity contribution in [2.45, 2.75) is 45.7 Å². The molecular weight excluding hydrogens is 303 g/mol. The van der Waals surface area contributed by atoms with E-state index in [4.69, 9.17) is 0 Å². The number of carbonyl (C=O) groups excluding carboxylic acids is 1. The summed E-state index contributed by atoms with van der Waals surface area (Å²) in [4.78, 5) is 13.2. The van der Waals surface area contributed by atoms with Crippen LogP contribution in [0, 0.1) is 20.8 Å². The number of benzene rings is 2. The van der Waals surface area contributed by atoms with Gasteiger partial charge in [0.05, 0.1) is 0 Å². The average Bonchev–Trinajstić information content (AvgIpc) is 2.52. The Hall–Kier alpha value is -1.79. The predicted molar refractivity (Wildman–Crippen MR) is 95.9 cm³/mol. The summed E-state index contributed by atoms with van der Waals surface area (Å²) in [5.41, 5.74) is 4.95. The summed E-state index contributed by atoms with van der Waals surface area (Å²) < 4.78 is 11.2. The first-order valence-corrected chi connectivity index (χ1v) is 8.81. The molecule has 0 aliphatic heterocycles. The SMILES string of the molecule is Cc1cc(C)c(C(=O)C(CC(C)P=O)c2ccccc2)c(C)c1. The van der Waals surface area contributed by atoms with Crippen LogP contribution in [0.15, 0.2) is 42.5 Å². The number of Topliss-reactive ketones (excluding diaryl/α,β-unsaturated/α-hetero) is 1. The van der Waals surface area contributed by atoms with Gasteiger partial charge in [-0.3, -0.25) is 9.36 Å². The molecule has 0 aliphatic rings. The lowest BCUT2D eigenvalue weighted by Gasteiger charge is -2.20. The summed E-state index contributed by atoms with van der Waals surface area (Å²) in [6, 6.07) is 13.9. The van der Waals surface area contributed by atoms with Crippen molar-refractivity contribution in [3.05, 3.63) is 70.3 Å². The Balaban J connectivity index is 2.47. The second-order valence-electron chi connectivity index (χ2n) is 6.29. The maximum absolute atomic E-state index is 13.2. The van der Waals surface area contributed by atoms with Crippen LogP contribution in [0.25, 0.3) is 0 Å². The van der Waals surface area contributed by atoms with Crippen LogP contribution in [0.5, 0.6) is 0 Å². The van der Waals surface area contributed by atoms with E-state index in [2.05, 4.69) is 12.1 Å². The highest BCUT2D eigenvalue weighted by atomic mass is 31.1. The lowest BCUT2D eigenvalue weighted by atomic mass is 9.83. The maximum atomic E-state index is 13.2. The molecule has 3 heteroatoms. The Morgan fingerprint density at radius 2 is 1.61 bits per heavy atom. The molecule has 0 saturated heterocycles. The molecule has 0 N–H and O–H groups in total. The average molecular weight is 326 g/mol. The Morgan fingerprint density at radius 1 is 1.04 bits per heavy atom. The summed E-state index contributed by atoms with van der Waals surface area (Å²) >= 11 is 0. The van der Waals surface area contributed by atoms with Gasteiger partial charge < -0.3 is 0 Å². The topological polar surface area (TPSA) is 34.1 Å². The number of aryl methyl sites for hydroxylation is 3. The summed E-state index contributed by atoms with van der Waals surface area (Å²) in [7, 11) is 0.0894. The van der Waals surface area contributed by atoms with E-state index in [9.17, 15) is 9.36 Å². The fourth-order valence-electron chi connectivity index (χ4n) is 3.21. The summed E-state index contributed by atoms with van der Waals surface area (Å²) in [5, 5.41) is 0. The molecule has 2 rings (SSSR count). The van der Waals surface area contributed by atoms with Crippen molar-refractivity contribution in [3.63, 3.8) is 0 Å². The van der Waals surface area contributed by atoms with Crippen LogP contribution in [-0.4, -0.2) is 11.4 Å². The van der Waals surface area contributed by atoms with Gasteiger partial charge in [0, 0.05) is 17.1 Å². The second-order valence-corrected chi connectivity index (χ2v) is 7.38. The van der Waals surface area contributed by atoms with Gasteiger partial charge in [0.2, 0.25) is 0 Å². The molecule has 23 heavy (non-hydrogen) atoms. The van der Waals surface area contributed by atoms with Crippen molar-refractivity contribution in [2.24, 2.45) is 0 Å². The van der Waals surface area contributed by atoms with Gasteiger partial charge in [0.1, 0.15) is 0 Å². The van der Waals surface area contributed by atoms with Crippen molar-refractivity contribution in [1.82, 2.24) is 0 Å². The van der Waals surface area contributed by atoms with Gasteiger partial charge in [-0.15, -0.1) is 0 Å². The first-order chi connectivity index (χ1) is 10.9. The van der Waals surface area contributed by atoms with Crippen LogP contribution in [0.4, 0.5) is 0 Å². The Labute approximate surface area is 140 Å². The van der Waals surface area contributed by atoms with Crippen molar-refractivity contribution in [1.29, 1.82) is 0 Å². The zero-order valence-corrected chi connectivity index (χ0v) is 15.1. The third-order valence-electron chi connectivity index (χ3n) is 4.20. The molecule has 2 unspecified atom stereocenters. The van der Waals surface area contributed by atoms with E-state index in [1.165, 1.54) is 5.56 Å². The molecule has 2 aromatic rings. The molecule has 0 aromatic heterocycles. The zero-order chi connectivity index (χ0) is 17.0. The van der Waals surface area contributed by atoms with E-state index in [1.807, 2.05) is 58.0 Å². The lowest BCUT2D eigenvalue weighted by Crippen LogP contribution is -2.18. The highest BCUT2D eigenvalue weighted by Crippen LogP contribution is 2.31. The molecule has 0 fully saturated rings. The molecule has 0 bridgehead atoms. The number of hydrogen-bond acceptors (Lipinski definition) is 2. The third kappa shape index (κ3) is 4.14. The van der Waals surface area contributed by atoms with E-state index in [0.29, 0.717) is 6.42 Å². The third-order valence-corrected chi connectivity index (χ3v) is 4.77. The van der Waals surface area contributed by atoms with Crippen molar-refractivity contribution < 1.29 is 9.36 Å². The highest BCUT2D eigenvalue weighted by molar-refractivity contribution is 7.24. The van der Waals surface area contributed by atoms with Crippen molar-refractivity contribution in [2.75, 3.05) is 0 Å². The first-order valence-electron chi connectivity index (χ1n) is 7.93. The summed E-state index contributed by atoms with van der Waals surface area (Å²) in [5.74, 6) is -0.130. The molecule has 0 aliphatic carbocycles. The van der Waals surface area contributed by atoms with E-state index >= 15 is 0 Å². The van der Waals surface area contributed by atoms with Crippen LogP contribution in [0.2, 0.25) is 0 Å². The quantitative estimate of drug-likeness (QED) is 0.508. The summed E-state index contributed by atoms with van der Waals surface area (Å²) in [6.45, 7) is 7.93. The van der Waals surface area contributed by atoms with Crippen LogP contribution >= 0.6 is 8.46 Å². The van der Waals surface area contributed by atoms with Crippen LogP contribution in [-0.2, 0) is 4.57 Å². The fraction of sp³-hybridized carbons (Fsp3) is 0.350. The van der Waals surface area contributed by atoms with E-state index in [1.54, 1.807) is 0 Å². The van der Waals surface area contributed by atoms with E-state index < -0.39 is 0 Å². The Bertz CT molecular complexity index is 684. The van der Waals surface area contributed by atoms with Gasteiger partial charge in [-0.05, 0) is 43.9 Å². The van der Waals surface area contributed by atoms with Gasteiger partial charge in [0.25, 0.3) is 0 Å². The number of rotatable bonds is 6. The molecule has 0 spiro atoms. The standard InChI is InChI=1S/C20H23O2P/c1-13-10-14(2)19(15(3)11-13)20(21)18(12-16(4)23-22)17-8-6-5-7-9-17/h5-11,16,18H,12H2,1-4H3. The number of hydrogen-bond donors (Lipinski definition) is 0. The Kier molecular flexibility index (Phi) is 5.85. The minimum atomic E-state index is -0.257. The molecular formula is C20H23O2P. The minimum absolute atomic E-state index is 0.0461. The van der Waals surface area contributed by atoms with Gasteiger partial charge in [-0.1, -0.05) is 55.0 Å². The Morgan fingerprint density at radius 3 is 2.13 bits per heavy atom. The van der Waals surface area contributed by atoms with E-state index in [-0.39, 0.29) is 25.8 Å². The molecule has 120 valence electrons. The highest BCUT2D eigenvalue weighted by Gasteiger charge is 2.26. The molecule has 2 atom stereocenters. The lowest BCUT2D eigenvalue weighted by molar-refractivity contribution is 0.0954. The molecule has 0 saturated carbocycles. The van der Waals surface area contributed by atoms with Crippen molar-refractivity contribution >= 4 is 14.2 Å². The maximum Gasteiger partial charge on any atom is 0.170 e. The summed E-state index contributed by atoms with van der Waals surface area (Å²) in [6.07, 6.45) is 0.584. The smallest absolute Gasteiger partial charge is 0.170 e. The minimum Gasteiger partial charge on any atom is -0.293 e. The van der Waals surface area contributed by atoms with Gasteiger partial charge >= 0.3 is 0 Å². The normalized spacial score (nSPS) is 13.7. The fourth-order valence-corrected chi connectivity index (χ4v) is 3.50. The zero-order valence-electron chi connectivity index (χ0n) is 14.2. The monoisotopic (exact) mass is 326 g/mol. The molecule has 0 radical (unpaired) electrons. The predicted octanol–water partition coefficient (Wildman–Crippen LogP) is 5.65. The molecule has 2 aromatic carbocycles. The first kappa shape index (κ1) is 17.6. The van der Waals surface area contributed by atoms with Gasteiger partial charge in [0.15, 0.2) is 14.2 Å². The number of carbonyl (C=O) groups is 1. The molecule has 0 heterocycles. The van der Waals surface area contributed by atoms with Crippen molar-refractivity contribution in [3.8, 4) is 0 Å². The second kappa shape index (κ2) is 7.66. The molecule has 0 amide bonds. The van der Waals surface area contributed by atoms with Crippen LogP contribution < -0.4 is 0 Å². The molecule has 2 nitrogen and oxygen atoms in total. The largest absolute Gasteiger partial charge is 0.293 e.